The van der Waals surface area contributed by atoms with Crippen molar-refractivity contribution < 1.29 is 4.79 Å². The topological polar surface area (TPSA) is 69.8 Å². The molecule has 1 fully saturated rings. The lowest BCUT2D eigenvalue weighted by atomic mass is 10.2. The van der Waals surface area contributed by atoms with Gasteiger partial charge in [-0.2, -0.15) is 5.10 Å². The fraction of sp³-hybridized carbons (Fsp3) is 0.600. The first-order valence-electron chi connectivity index (χ1n) is 5.46. The minimum absolute atomic E-state index is 0.000418. The lowest BCUT2D eigenvalue weighted by molar-refractivity contribution is -0.117. The van der Waals surface area contributed by atoms with Crippen LogP contribution in [0.25, 0.3) is 0 Å². The van der Waals surface area contributed by atoms with E-state index in [-0.39, 0.29) is 11.9 Å². The van der Waals surface area contributed by atoms with E-state index in [0.29, 0.717) is 5.82 Å². The van der Waals surface area contributed by atoms with Crippen LogP contribution in [0.1, 0.15) is 19.0 Å². The molecule has 5 nitrogen and oxygen atoms in total. The van der Waals surface area contributed by atoms with Crippen LogP contribution in [0.4, 0.5) is 5.82 Å². The number of carbonyl (C=O) groups is 1. The number of hydrogen-bond donors (Lipinski definition) is 3. The van der Waals surface area contributed by atoms with Crippen molar-refractivity contribution in [2.24, 2.45) is 0 Å². The number of carbonyl (C=O) groups excluding carboxylic acids is 1. The second kappa shape index (κ2) is 5.36. The number of amides is 1. The molecule has 1 unspecified atom stereocenters. The molecule has 0 radical (unpaired) electrons. The van der Waals surface area contributed by atoms with E-state index in [4.69, 9.17) is 0 Å². The fourth-order valence-corrected chi connectivity index (χ4v) is 2.54. The molecule has 3 N–H and O–H groups in total. The molecule has 6 heteroatoms. The minimum Gasteiger partial charge on any atom is -0.308 e. The van der Waals surface area contributed by atoms with Crippen LogP contribution in [0.15, 0.2) is 6.07 Å². The van der Waals surface area contributed by atoms with Crippen LogP contribution < -0.4 is 10.6 Å². The Bertz CT molecular complexity index is 359. The molecule has 0 saturated carbocycles. The molecule has 1 saturated heterocycles. The molecule has 1 amide bonds. The zero-order valence-corrected chi connectivity index (χ0v) is 10.1. The van der Waals surface area contributed by atoms with Gasteiger partial charge in [-0.15, -0.1) is 11.8 Å². The molecule has 0 spiro atoms. The Balaban J connectivity index is 1.89. The van der Waals surface area contributed by atoms with Crippen LogP contribution in [0.3, 0.4) is 0 Å². The highest BCUT2D eigenvalue weighted by Crippen LogP contribution is 2.12. The summed E-state index contributed by atoms with van der Waals surface area (Å²) in [6.45, 7) is 2.11. The van der Waals surface area contributed by atoms with E-state index in [1.807, 2.05) is 6.07 Å². The Kier molecular flexibility index (Phi) is 3.84. The first kappa shape index (κ1) is 11.5. The number of anilines is 1. The molecule has 16 heavy (non-hydrogen) atoms. The van der Waals surface area contributed by atoms with Gasteiger partial charge in [0, 0.05) is 23.4 Å². The van der Waals surface area contributed by atoms with Crippen molar-refractivity contribution >= 4 is 23.5 Å². The lowest BCUT2D eigenvalue weighted by Gasteiger charge is -2.07. The highest BCUT2D eigenvalue weighted by molar-refractivity contribution is 7.99. The van der Waals surface area contributed by atoms with Gasteiger partial charge in [0.1, 0.15) is 0 Å². The Morgan fingerprint density at radius 2 is 2.62 bits per heavy atom. The number of thioether (sulfide) groups is 1. The smallest absolute Gasteiger partial charge is 0.243 e. The van der Waals surface area contributed by atoms with Gasteiger partial charge in [-0.3, -0.25) is 15.2 Å². The second-order valence-electron chi connectivity index (χ2n) is 3.79. The number of nitrogens with zero attached hydrogens (tertiary/aromatic N) is 1. The summed E-state index contributed by atoms with van der Waals surface area (Å²) in [5, 5.41) is 12.9. The summed E-state index contributed by atoms with van der Waals surface area (Å²) < 4.78 is 0. The summed E-state index contributed by atoms with van der Waals surface area (Å²) in [7, 11) is 0. The maximum absolute atomic E-state index is 11.7. The van der Waals surface area contributed by atoms with Gasteiger partial charge in [0.2, 0.25) is 5.91 Å². The third-order valence-electron chi connectivity index (χ3n) is 2.43. The number of H-pyrrole nitrogens is 1. The predicted octanol–water partition coefficient (Wildman–Crippen LogP) is 0.963. The third-order valence-corrected chi connectivity index (χ3v) is 3.37. The molecule has 88 valence electrons. The van der Waals surface area contributed by atoms with Crippen molar-refractivity contribution in [3.05, 3.63) is 11.8 Å². The van der Waals surface area contributed by atoms with Crippen molar-refractivity contribution in [3.8, 4) is 0 Å². The van der Waals surface area contributed by atoms with Gasteiger partial charge in [-0.05, 0) is 6.42 Å². The molecule has 2 rings (SSSR count). The highest BCUT2D eigenvalue weighted by Gasteiger charge is 2.22. The van der Waals surface area contributed by atoms with E-state index in [0.717, 1.165) is 30.2 Å². The molecule has 0 aliphatic carbocycles. The zero-order chi connectivity index (χ0) is 11.4. The van der Waals surface area contributed by atoms with Crippen molar-refractivity contribution in [3.63, 3.8) is 0 Å². The summed E-state index contributed by atoms with van der Waals surface area (Å²) in [6, 6.07) is 1.81. The van der Waals surface area contributed by atoms with Crippen molar-refractivity contribution in [2.75, 3.05) is 16.9 Å². The average molecular weight is 240 g/mol. The van der Waals surface area contributed by atoms with Gasteiger partial charge < -0.3 is 5.32 Å². The van der Waals surface area contributed by atoms with Crippen LogP contribution >= 0.6 is 11.8 Å². The van der Waals surface area contributed by atoms with Crippen molar-refractivity contribution in [2.45, 2.75) is 25.8 Å². The van der Waals surface area contributed by atoms with Crippen LogP contribution in [0.2, 0.25) is 0 Å². The van der Waals surface area contributed by atoms with Gasteiger partial charge in [-0.1, -0.05) is 13.3 Å². The summed E-state index contributed by atoms with van der Waals surface area (Å²) in [6.07, 6.45) is 2.02. The standard InChI is InChI=1S/C10H16N4OS/c1-2-3-7-4-9(14-13-7)12-10(15)8-5-16-6-11-8/h4,8,11H,2-3,5-6H2,1H3,(H2,12,13,14,15). The summed E-state index contributed by atoms with van der Waals surface area (Å²) in [4.78, 5) is 11.7. The zero-order valence-electron chi connectivity index (χ0n) is 9.25. The Labute approximate surface area is 98.8 Å². The lowest BCUT2D eigenvalue weighted by Crippen LogP contribution is -2.37. The number of aromatic amines is 1. The van der Waals surface area contributed by atoms with Gasteiger partial charge in [0.25, 0.3) is 0 Å². The monoisotopic (exact) mass is 240 g/mol. The van der Waals surface area contributed by atoms with E-state index in [1.165, 1.54) is 0 Å². The first-order valence-corrected chi connectivity index (χ1v) is 6.61. The molecule has 0 bridgehead atoms. The summed E-state index contributed by atoms with van der Waals surface area (Å²) in [5.41, 5.74) is 1.06. The van der Waals surface area contributed by atoms with Crippen LogP contribution in [0.5, 0.6) is 0 Å². The van der Waals surface area contributed by atoms with E-state index in [2.05, 4.69) is 27.8 Å². The SMILES string of the molecule is CCCc1cc(NC(=O)C2CSCN2)n[nH]1. The maximum Gasteiger partial charge on any atom is 0.243 e. The highest BCUT2D eigenvalue weighted by atomic mass is 32.2. The molecule has 1 aliphatic rings. The van der Waals surface area contributed by atoms with Gasteiger partial charge in [-0.25, -0.2) is 0 Å². The second-order valence-corrected chi connectivity index (χ2v) is 4.82. The molecular weight excluding hydrogens is 224 g/mol. The number of aryl methyl sites for hydroxylation is 1. The minimum atomic E-state index is -0.0867. The van der Waals surface area contributed by atoms with E-state index in [1.54, 1.807) is 11.8 Å². The molecule has 1 aromatic rings. The van der Waals surface area contributed by atoms with Gasteiger partial charge in [0.05, 0.1) is 6.04 Å². The molecule has 0 aromatic carbocycles. The summed E-state index contributed by atoms with van der Waals surface area (Å²) in [5.74, 6) is 2.30. The number of rotatable bonds is 4. The first-order chi connectivity index (χ1) is 7.79. The van der Waals surface area contributed by atoms with Crippen molar-refractivity contribution in [1.82, 2.24) is 15.5 Å². The normalized spacial score (nSPS) is 19.9. The van der Waals surface area contributed by atoms with Gasteiger partial charge in [0.15, 0.2) is 5.82 Å². The Morgan fingerprint density at radius 1 is 1.75 bits per heavy atom. The number of hydrogen-bond acceptors (Lipinski definition) is 4. The summed E-state index contributed by atoms with van der Waals surface area (Å²) >= 11 is 1.73. The van der Waals surface area contributed by atoms with E-state index < -0.39 is 0 Å². The molecule has 2 heterocycles. The molecule has 1 aliphatic heterocycles. The maximum atomic E-state index is 11.7. The molecule has 1 aromatic heterocycles. The predicted molar refractivity (Wildman–Crippen MR) is 65.5 cm³/mol. The Hall–Kier alpha value is -1.01. The van der Waals surface area contributed by atoms with E-state index in [9.17, 15) is 4.79 Å². The van der Waals surface area contributed by atoms with E-state index >= 15 is 0 Å². The Morgan fingerprint density at radius 3 is 3.31 bits per heavy atom. The third kappa shape index (κ3) is 2.76. The van der Waals surface area contributed by atoms with Crippen molar-refractivity contribution in [1.29, 1.82) is 0 Å². The van der Waals surface area contributed by atoms with Crippen LogP contribution in [0, 0.1) is 0 Å². The largest absolute Gasteiger partial charge is 0.308 e. The molecular formula is C10H16N4OS. The fourth-order valence-electron chi connectivity index (χ4n) is 1.60. The molecule has 1 atom stereocenters. The van der Waals surface area contributed by atoms with Crippen LogP contribution in [-0.4, -0.2) is 33.8 Å². The van der Waals surface area contributed by atoms with Gasteiger partial charge >= 0.3 is 0 Å². The average Bonchev–Trinajstić information content (AvgIpc) is 2.89. The number of aromatic nitrogens is 2. The quantitative estimate of drug-likeness (QED) is 0.733. The number of nitrogens with one attached hydrogen (secondary N) is 3. The van der Waals surface area contributed by atoms with Crippen LogP contribution in [-0.2, 0) is 11.2 Å².